The molecule has 0 radical (unpaired) electrons. The molecule has 1 amide bonds. The molecule has 1 aromatic heterocycles. The van der Waals surface area contributed by atoms with Crippen molar-refractivity contribution in [1.29, 1.82) is 0 Å². The van der Waals surface area contributed by atoms with Crippen LogP contribution in [-0.4, -0.2) is 10.9 Å². The first-order valence-corrected chi connectivity index (χ1v) is 8.13. The standard InChI is InChI=1S/C17H13ClN2O2S/c18-13-6-4-12(5-7-13)10-22-15-3-1-2-14(8-15)20-17(21)16-9-19-11-23-16/h1-9,11H,10H2,(H,20,21). The summed E-state index contributed by atoms with van der Waals surface area (Å²) >= 11 is 7.15. The number of nitrogens with one attached hydrogen (secondary N) is 1. The second kappa shape index (κ2) is 7.26. The number of anilines is 1. The van der Waals surface area contributed by atoms with E-state index in [1.807, 2.05) is 42.5 Å². The van der Waals surface area contributed by atoms with Crippen molar-refractivity contribution in [1.82, 2.24) is 4.98 Å². The maximum Gasteiger partial charge on any atom is 0.267 e. The Labute approximate surface area is 142 Å². The van der Waals surface area contributed by atoms with E-state index in [1.54, 1.807) is 17.8 Å². The van der Waals surface area contributed by atoms with E-state index >= 15 is 0 Å². The number of halogens is 1. The van der Waals surface area contributed by atoms with Gasteiger partial charge >= 0.3 is 0 Å². The first-order valence-electron chi connectivity index (χ1n) is 6.88. The molecular weight excluding hydrogens is 332 g/mol. The van der Waals surface area contributed by atoms with Gasteiger partial charge in [0.25, 0.3) is 5.91 Å². The molecular formula is C17H13ClN2O2S. The quantitative estimate of drug-likeness (QED) is 0.734. The maximum atomic E-state index is 12.0. The molecule has 0 aliphatic carbocycles. The van der Waals surface area contributed by atoms with Gasteiger partial charge in [0.15, 0.2) is 0 Å². The van der Waals surface area contributed by atoms with Gasteiger partial charge in [-0.05, 0) is 29.8 Å². The minimum Gasteiger partial charge on any atom is -0.489 e. The Balaban J connectivity index is 1.63. The van der Waals surface area contributed by atoms with Gasteiger partial charge in [-0.2, -0.15) is 0 Å². The molecule has 1 heterocycles. The fourth-order valence-electron chi connectivity index (χ4n) is 1.93. The van der Waals surface area contributed by atoms with Crippen molar-refractivity contribution in [2.75, 3.05) is 5.32 Å². The number of carbonyl (C=O) groups is 1. The van der Waals surface area contributed by atoms with Gasteiger partial charge in [-0.25, -0.2) is 0 Å². The number of benzene rings is 2. The number of hydrogen-bond acceptors (Lipinski definition) is 4. The highest BCUT2D eigenvalue weighted by atomic mass is 35.5. The highest BCUT2D eigenvalue weighted by Gasteiger charge is 2.08. The van der Waals surface area contributed by atoms with E-state index in [0.717, 1.165) is 5.56 Å². The van der Waals surface area contributed by atoms with E-state index < -0.39 is 0 Å². The van der Waals surface area contributed by atoms with Crippen molar-refractivity contribution >= 4 is 34.5 Å². The van der Waals surface area contributed by atoms with Crippen molar-refractivity contribution in [3.63, 3.8) is 0 Å². The normalized spacial score (nSPS) is 10.3. The Kier molecular flexibility index (Phi) is 4.90. The first kappa shape index (κ1) is 15.5. The molecule has 0 aliphatic heterocycles. The Morgan fingerprint density at radius 3 is 2.78 bits per heavy atom. The second-order valence-electron chi connectivity index (χ2n) is 4.76. The zero-order valence-electron chi connectivity index (χ0n) is 12.0. The van der Waals surface area contributed by atoms with Gasteiger partial charge in [-0.1, -0.05) is 29.8 Å². The van der Waals surface area contributed by atoms with Gasteiger partial charge in [0.1, 0.15) is 17.2 Å². The fourth-order valence-corrected chi connectivity index (χ4v) is 2.57. The number of amides is 1. The minimum atomic E-state index is -0.178. The van der Waals surface area contributed by atoms with E-state index in [0.29, 0.717) is 27.9 Å². The fraction of sp³-hybridized carbons (Fsp3) is 0.0588. The average molecular weight is 345 g/mol. The highest BCUT2D eigenvalue weighted by Crippen LogP contribution is 2.20. The second-order valence-corrected chi connectivity index (χ2v) is 6.09. The Hall–Kier alpha value is -2.37. The van der Waals surface area contributed by atoms with E-state index in [1.165, 1.54) is 11.3 Å². The van der Waals surface area contributed by atoms with Crippen molar-refractivity contribution in [3.8, 4) is 5.75 Å². The number of ether oxygens (including phenoxy) is 1. The molecule has 3 rings (SSSR count). The lowest BCUT2D eigenvalue weighted by Crippen LogP contribution is -2.10. The van der Waals surface area contributed by atoms with Crippen LogP contribution in [0.15, 0.2) is 60.2 Å². The Morgan fingerprint density at radius 1 is 1.22 bits per heavy atom. The molecule has 0 bridgehead atoms. The molecule has 0 fully saturated rings. The van der Waals surface area contributed by atoms with Gasteiger partial charge in [0.05, 0.1) is 11.7 Å². The van der Waals surface area contributed by atoms with Crippen LogP contribution < -0.4 is 10.1 Å². The van der Waals surface area contributed by atoms with Crippen LogP contribution in [0.1, 0.15) is 15.2 Å². The Bertz CT molecular complexity index is 789. The summed E-state index contributed by atoms with van der Waals surface area (Å²) in [6, 6.07) is 14.8. The van der Waals surface area contributed by atoms with E-state index in [-0.39, 0.29) is 5.91 Å². The van der Waals surface area contributed by atoms with E-state index in [9.17, 15) is 4.79 Å². The molecule has 0 saturated heterocycles. The van der Waals surface area contributed by atoms with Crippen LogP contribution in [0, 0.1) is 0 Å². The Morgan fingerprint density at radius 2 is 2.04 bits per heavy atom. The van der Waals surface area contributed by atoms with Crippen LogP contribution in [0.3, 0.4) is 0 Å². The van der Waals surface area contributed by atoms with E-state index in [2.05, 4.69) is 10.3 Å². The van der Waals surface area contributed by atoms with Gasteiger partial charge in [-0.15, -0.1) is 11.3 Å². The van der Waals surface area contributed by atoms with Crippen molar-refractivity contribution in [2.24, 2.45) is 0 Å². The molecule has 116 valence electrons. The summed E-state index contributed by atoms with van der Waals surface area (Å²) < 4.78 is 5.74. The predicted octanol–water partition coefficient (Wildman–Crippen LogP) is 4.63. The number of carbonyl (C=O) groups excluding carboxylic acids is 1. The third-order valence-corrected chi connectivity index (χ3v) is 4.09. The SMILES string of the molecule is O=C(Nc1cccc(OCc2ccc(Cl)cc2)c1)c1cncs1. The third kappa shape index (κ3) is 4.31. The van der Waals surface area contributed by atoms with Crippen LogP contribution in [0.2, 0.25) is 5.02 Å². The number of rotatable bonds is 5. The predicted molar refractivity (Wildman–Crippen MR) is 92.3 cm³/mol. The molecule has 3 aromatic rings. The van der Waals surface area contributed by atoms with Crippen LogP contribution in [-0.2, 0) is 6.61 Å². The lowest BCUT2D eigenvalue weighted by Gasteiger charge is -2.09. The smallest absolute Gasteiger partial charge is 0.267 e. The summed E-state index contributed by atoms with van der Waals surface area (Å²) in [5.41, 5.74) is 3.33. The maximum absolute atomic E-state index is 12.0. The lowest BCUT2D eigenvalue weighted by atomic mass is 10.2. The zero-order chi connectivity index (χ0) is 16.1. The van der Waals surface area contributed by atoms with Gasteiger partial charge in [0, 0.05) is 16.8 Å². The monoisotopic (exact) mass is 344 g/mol. The highest BCUT2D eigenvalue weighted by molar-refractivity contribution is 7.11. The molecule has 0 saturated carbocycles. The topological polar surface area (TPSA) is 51.2 Å². The molecule has 0 unspecified atom stereocenters. The van der Waals surface area contributed by atoms with Gasteiger partial charge in [-0.3, -0.25) is 9.78 Å². The molecule has 23 heavy (non-hydrogen) atoms. The largest absolute Gasteiger partial charge is 0.489 e. The molecule has 2 aromatic carbocycles. The minimum absolute atomic E-state index is 0.178. The summed E-state index contributed by atoms with van der Waals surface area (Å²) in [5.74, 6) is 0.504. The summed E-state index contributed by atoms with van der Waals surface area (Å²) in [7, 11) is 0. The number of aromatic nitrogens is 1. The van der Waals surface area contributed by atoms with Crippen LogP contribution in [0.4, 0.5) is 5.69 Å². The van der Waals surface area contributed by atoms with Crippen LogP contribution in [0.5, 0.6) is 5.75 Å². The number of thiazole rings is 1. The van der Waals surface area contributed by atoms with Crippen molar-refractivity contribution < 1.29 is 9.53 Å². The van der Waals surface area contributed by atoms with Gasteiger partial charge in [0.2, 0.25) is 0 Å². The summed E-state index contributed by atoms with van der Waals surface area (Å²) in [6.07, 6.45) is 1.54. The van der Waals surface area contributed by atoms with E-state index in [4.69, 9.17) is 16.3 Å². The van der Waals surface area contributed by atoms with Crippen LogP contribution >= 0.6 is 22.9 Å². The molecule has 6 heteroatoms. The van der Waals surface area contributed by atoms with Crippen LogP contribution in [0.25, 0.3) is 0 Å². The van der Waals surface area contributed by atoms with Gasteiger partial charge < -0.3 is 10.1 Å². The lowest BCUT2D eigenvalue weighted by molar-refractivity contribution is 0.103. The number of nitrogens with zero attached hydrogens (tertiary/aromatic N) is 1. The average Bonchev–Trinajstić information content (AvgIpc) is 3.09. The molecule has 4 nitrogen and oxygen atoms in total. The summed E-state index contributed by atoms with van der Waals surface area (Å²) in [6.45, 7) is 0.434. The zero-order valence-corrected chi connectivity index (χ0v) is 13.6. The first-order chi connectivity index (χ1) is 11.2. The number of hydrogen-bond donors (Lipinski definition) is 1. The van der Waals surface area contributed by atoms with Crippen molar-refractivity contribution in [3.05, 3.63) is 75.7 Å². The summed E-state index contributed by atoms with van der Waals surface area (Å²) in [4.78, 5) is 16.5. The third-order valence-electron chi connectivity index (χ3n) is 3.07. The molecule has 0 atom stereocenters. The molecule has 0 spiro atoms. The summed E-state index contributed by atoms with van der Waals surface area (Å²) in [5, 5.41) is 3.52. The molecule has 0 aliphatic rings. The molecule has 1 N–H and O–H groups in total. The van der Waals surface area contributed by atoms with Crippen molar-refractivity contribution in [2.45, 2.75) is 6.61 Å².